The first-order valence-electron chi connectivity index (χ1n) is 7.46. The number of carbonyl (C=O) groups excluding carboxylic acids is 3. The third-order valence-electron chi connectivity index (χ3n) is 3.97. The van der Waals surface area contributed by atoms with Crippen LogP contribution in [0.2, 0.25) is 0 Å². The molecule has 1 N–H and O–H groups in total. The van der Waals surface area contributed by atoms with Crippen LogP contribution in [0.3, 0.4) is 0 Å². The molecule has 0 aromatic rings. The highest BCUT2D eigenvalue weighted by molar-refractivity contribution is 8.14. The summed E-state index contributed by atoms with van der Waals surface area (Å²) >= 11 is 1.00. The van der Waals surface area contributed by atoms with Gasteiger partial charge in [0.1, 0.15) is 0 Å². The zero-order valence-electron chi connectivity index (χ0n) is 12.4. The largest absolute Gasteiger partial charge is 0.354 e. The second-order valence-corrected chi connectivity index (χ2v) is 6.34. The van der Waals surface area contributed by atoms with Crippen molar-refractivity contribution >= 4 is 28.8 Å². The third-order valence-corrected chi connectivity index (χ3v) is 4.83. The lowest BCUT2D eigenvalue weighted by atomic mass is 9.96. The molecule has 0 bridgehead atoms. The number of piperidine rings is 1. The minimum Gasteiger partial charge on any atom is -0.354 e. The number of hydrogen-bond acceptors (Lipinski definition) is 6. The van der Waals surface area contributed by atoms with Crippen LogP contribution in [0.4, 0.5) is 4.79 Å². The van der Waals surface area contributed by atoms with E-state index in [0.717, 1.165) is 44.2 Å². The topological polar surface area (TPSA) is 93.5 Å². The Morgan fingerprint density at radius 3 is 2.64 bits per heavy atom. The van der Waals surface area contributed by atoms with Gasteiger partial charge < -0.3 is 10.2 Å². The Morgan fingerprint density at radius 2 is 2.05 bits per heavy atom. The van der Waals surface area contributed by atoms with Crippen molar-refractivity contribution in [3.05, 3.63) is 0 Å². The van der Waals surface area contributed by atoms with Crippen LogP contribution < -0.4 is 5.32 Å². The van der Waals surface area contributed by atoms with E-state index in [-0.39, 0.29) is 35.3 Å². The molecule has 2 aliphatic rings. The van der Waals surface area contributed by atoms with Gasteiger partial charge in [-0.05, 0) is 25.9 Å². The van der Waals surface area contributed by atoms with Crippen LogP contribution in [0.25, 0.3) is 0 Å². The number of thioether (sulfide) groups is 1. The minimum atomic E-state index is -0.231. The molecule has 0 aromatic heterocycles. The van der Waals surface area contributed by atoms with Crippen molar-refractivity contribution in [2.45, 2.75) is 19.3 Å². The van der Waals surface area contributed by atoms with Crippen LogP contribution in [-0.4, -0.2) is 65.3 Å². The van der Waals surface area contributed by atoms with Gasteiger partial charge in [-0.2, -0.15) is 5.26 Å². The van der Waals surface area contributed by atoms with Gasteiger partial charge in [-0.15, -0.1) is 0 Å². The highest BCUT2D eigenvalue weighted by atomic mass is 32.2. The van der Waals surface area contributed by atoms with Crippen molar-refractivity contribution in [3.63, 3.8) is 0 Å². The van der Waals surface area contributed by atoms with Crippen LogP contribution in [0.15, 0.2) is 0 Å². The Bertz CT molecular complexity index is 467. The van der Waals surface area contributed by atoms with Gasteiger partial charge in [0.25, 0.3) is 5.24 Å². The number of likely N-dealkylation sites (tertiary alicyclic amines) is 1. The summed E-state index contributed by atoms with van der Waals surface area (Å²) in [5.41, 5.74) is 0. The van der Waals surface area contributed by atoms with E-state index in [1.807, 2.05) is 0 Å². The van der Waals surface area contributed by atoms with E-state index in [1.54, 1.807) is 0 Å². The van der Waals surface area contributed by atoms with Crippen LogP contribution >= 0.6 is 11.8 Å². The summed E-state index contributed by atoms with van der Waals surface area (Å²) in [6, 6.07) is 2.13. The summed E-state index contributed by atoms with van der Waals surface area (Å²) < 4.78 is 0. The Hall–Kier alpha value is -1.59. The lowest BCUT2D eigenvalue weighted by molar-refractivity contribution is -0.128. The Labute approximate surface area is 134 Å². The van der Waals surface area contributed by atoms with Gasteiger partial charge in [0.05, 0.1) is 11.8 Å². The van der Waals surface area contributed by atoms with Gasteiger partial charge in [-0.25, -0.2) is 0 Å². The number of hydrogen-bond donors (Lipinski definition) is 1. The smallest absolute Gasteiger partial charge is 0.288 e. The van der Waals surface area contributed by atoms with E-state index in [1.165, 1.54) is 4.90 Å². The molecular formula is C14H20N4O3S. The molecule has 2 fully saturated rings. The van der Waals surface area contributed by atoms with Crippen molar-refractivity contribution in [2.24, 2.45) is 5.92 Å². The van der Waals surface area contributed by atoms with E-state index in [0.29, 0.717) is 13.0 Å². The molecule has 2 aliphatic heterocycles. The predicted octanol–water partition coefficient (Wildman–Crippen LogP) is 0.424. The molecule has 2 saturated heterocycles. The molecule has 0 aliphatic carbocycles. The maximum absolute atomic E-state index is 12.1. The summed E-state index contributed by atoms with van der Waals surface area (Å²) in [7, 11) is 0. The van der Waals surface area contributed by atoms with Gasteiger partial charge in [-0.3, -0.25) is 19.3 Å². The molecule has 2 rings (SSSR count). The fourth-order valence-electron chi connectivity index (χ4n) is 2.66. The summed E-state index contributed by atoms with van der Waals surface area (Å²) in [5, 5.41) is 11.1. The van der Waals surface area contributed by atoms with Gasteiger partial charge in [0, 0.05) is 32.0 Å². The maximum Gasteiger partial charge on any atom is 0.288 e. The number of rotatable bonds is 6. The van der Waals surface area contributed by atoms with Crippen molar-refractivity contribution in [2.75, 3.05) is 38.5 Å². The van der Waals surface area contributed by atoms with Crippen molar-refractivity contribution in [3.8, 4) is 6.07 Å². The first-order chi connectivity index (χ1) is 10.6. The summed E-state index contributed by atoms with van der Waals surface area (Å²) in [6.07, 6.45) is 2.09. The maximum atomic E-state index is 12.1. The average molecular weight is 324 g/mol. The molecule has 7 nitrogen and oxygen atoms in total. The molecule has 0 spiro atoms. The molecule has 0 saturated carbocycles. The van der Waals surface area contributed by atoms with E-state index in [9.17, 15) is 14.4 Å². The van der Waals surface area contributed by atoms with Gasteiger partial charge in [0.2, 0.25) is 11.8 Å². The number of carbonyl (C=O) groups is 3. The van der Waals surface area contributed by atoms with Crippen LogP contribution in [-0.2, 0) is 9.59 Å². The highest BCUT2D eigenvalue weighted by Crippen LogP contribution is 2.19. The molecule has 0 unspecified atom stereocenters. The van der Waals surface area contributed by atoms with Crippen molar-refractivity contribution in [1.82, 2.24) is 15.1 Å². The van der Waals surface area contributed by atoms with Crippen molar-refractivity contribution in [1.29, 1.82) is 5.26 Å². The molecule has 8 heteroatoms. The molecule has 0 aromatic carbocycles. The van der Waals surface area contributed by atoms with Crippen LogP contribution in [0.1, 0.15) is 19.3 Å². The monoisotopic (exact) mass is 324 g/mol. The first kappa shape index (κ1) is 16.8. The second-order valence-electron chi connectivity index (χ2n) is 5.42. The molecular weight excluding hydrogens is 304 g/mol. The van der Waals surface area contributed by atoms with Gasteiger partial charge in [-0.1, -0.05) is 11.8 Å². The average Bonchev–Trinajstić information content (AvgIpc) is 2.85. The molecule has 2 heterocycles. The Kier molecular flexibility index (Phi) is 6.21. The fraction of sp³-hybridized carbons (Fsp3) is 0.714. The lowest BCUT2D eigenvalue weighted by Gasteiger charge is -2.30. The summed E-state index contributed by atoms with van der Waals surface area (Å²) in [4.78, 5) is 38.3. The quantitative estimate of drug-likeness (QED) is 0.761. The molecule has 22 heavy (non-hydrogen) atoms. The van der Waals surface area contributed by atoms with Crippen LogP contribution in [0.5, 0.6) is 0 Å². The highest BCUT2D eigenvalue weighted by Gasteiger charge is 2.30. The predicted molar refractivity (Wildman–Crippen MR) is 82.0 cm³/mol. The van der Waals surface area contributed by atoms with Crippen molar-refractivity contribution < 1.29 is 14.4 Å². The lowest BCUT2D eigenvalue weighted by Crippen LogP contribution is -2.43. The number of nitrogens with one attached hydrogen (secondary N) is 1. The standard InChI is InChI=1S/C14H20N4O3S/c15-4-1-6-17-7-2-11(3-8-17)13(20)16-5-9-18-12(19)10-22-14(18)21/h11H,1-3,5-10H2,(H,16,20). The summed E-state index contributed by atoms with van der Waals surface area (Å²) in [6.45, 7) is 2.99. The fourth-order valence-corrected chi connectivity index (χ4v) is 3.41. The third kappa shape index (κ3) is 4.45. The Balaban J connectivity index is 1.65. The zero-order chi connectivity index (χ0) is 15.9. The molecule has 3 amide bonds. The van der Waals surface area contributed by atoms with Crippen LogP contribution in [0, 0.1) is 17.2 Å². The number of nitriles is 1. The number of amides is 3. The first-order valence-corrected chi connectivity index (χ1v) is 8.44. The molecule has 0 radical (unpaired) electrons. The minimum absolute atomic E-state index is 0.00770. The Morgan fingerprint density at radius 1 is 1.32 bits per heavy atom. The summed E-state index contributed by atoms with van der Waals surface area (Å²) in [5.74, 6) is -0.00655. The normalized spacial score (nSPS) is 20.2. The van der Waals surface area contributed by atoms with E-state index < -0.39 is 0 Å². The van der Waals surface area contributed by atoms with Gasteiger partial charge in [0.15, 0.2) is 0 Å². The SMILES string of the molecule is N#CCCN1CCC(C(=O)NCCN2C(=O)CSC2=O)CC1. The zero-order valence-corrected chi connectivity index (χ0v) is 13.2. The van der Waals surface area contributed by atoms with E-state index in [2.05, 4.69) is 16.3 Å². The number of nitrogens with zero attached hydrogens (tertiary/aromatic N) is 3. The molecule has 0 atom stereocenters. The van der Waals surface area contributed by atoms with E-state index >= 15 is 0 Å². The molecule has 120 valence electrons. The number of imide groups is 1. The second kappa shape index (κ2) is 8.15. The van der Waals surface area contributed by atoms with E-state index in [4.69, 9.17) is 5.26 Å². The van der Waals surface area contributed by atoms with Gasteiger partial charge >= 0.3 is 0 Å².